The molecule has 0 saturated heterocycles. The predicted octanol–water partition coefficient (Wildman–Crippen LogP) is 3.55. The Balaban J connectivity index is 2.81. The van der Waals surface area contributed by atoms with Crippen molar-refractivity contribution in [2.24, 2.45) is 17.8 Å². The van der Waals surface area contributed by atoms with Crippen LogP contribution in [-0.4, -0.2) is 15.0 Å². The second-order valence-corrected chi connectivity index (χ2v) is 7.66. The number of benzene rings is 1. The second-order valence-electron chi connectivity index (χ2n) is 5.46. The third-order valence-electron chi connectivity index (χ3n) is 3.33. The third kappa shape index (κ3) is 4.79. The SMILES string of the molecule is CC(C)C(CNS(=O)(=O)c1cccc(Cl)c1)C(C)C. The Bertz CT molecular complexity index is 504. The van der Waals surface area contributed by atoms with Crippen molar-refractivity contribution in [3.63, 3.8) is 0 Å². The van der Waals surface area contributed by atoms with Gasteiger partial charge in [-0.2, -0.15) is 0 Å². The molecule has 0 radical (unpaired) electrons. The van der Waals surface area contributed by atoms with Crippen molar-refractivity contribution in [1.29, 1.82) is 0 Å². The largest absolute Gasteiger partial charge is 0.240 e. The molecule has 5 heteroatoms. The van der Waals surface area contributed by atoms with Crippen molar-refractivity contribution in [1.82, 2.24) is 4.72 Å². The lowest BCUT2D eigenvalue weighted by Gasteiger charge is -2.25. The minimum absolute atomic E-state index is 0.214. The molecule has 0 spiro atoms. The first-order valence-corrected chi connectivity index (χ1v) is 8.35. The maximum Gasteiger partial charge on any atom is 0.240 e. The van der Waals surface area contributed by atoms with Crippen molar-refractivity contribution < 1.29 is 8.42 Å². The molecule has 108 valence electrons. The van der Waals surface area contributed by atoms with Gasteiger partial charge in [0.1, 0.15) is 0 Å². The van der Waals surface area contributed by atoms with Gasteiger partial charge in [0.15, 0.2) is 0 Å². The Kier molecular flexibility index (Phi) is 5.83. The summed E-state index contributed by atoms with van der Waals surface area (Å²) in [5.74, 6) is 1.18. The van der Waals surface area contributed by atoms with Crippen molar-refractivity contribution in [3.05, 3.63) is 29.3 Å². The first-order chi connectivity index (χ1) is 8.74. The van der Waals surface area contributed by atoms with E-state index in [0.29, 0.717) is 29.3 Å². The molecule has 0 aromatic heterocycles. The lowest BCUT2D eigenvalue weighted by Crippen LogP contribution is -2.33. The van der Waals surface area contributed by atoms with Crippen LogP contribution in [0.3, 0.4) is 0 Å². The van der Waals surface area contributed by atoms with E-state index < -0.39 is 10.0 Å². The quantitative estimate of drug-likeness (QED) is 0.873. The Morgan fingerprint density at radius 2 is 1.74 bits per heavy atom. The van der Waals surface area contributed by atoms with E-state index in [1.807, 2.05) is 0 Å². The molecule has 3 nitrogen and oxygen atoms in total. The molecule has 1 aromatic rings. The summed E-state index contributed by atoms with van der Waals surface area (Å²) >= 11 is 5.82. The van der Waals surface area contributed by atoms with Crippen LogP contribution in [0.2, 0.25) is 5.02 Å². The Morgan fingerprint density at radius 3 is 2.21 bits per heavy atom. The van der Waals surface area contributed by atoms with Crippen molar-refractivity contribution in [2.75, 3.05) is 6.54 Å². The van der Waals surface area contributed by atoms with Gasteiger partial charge < -0.3 is 0 Å². The van der Waals surface area contributed by atoms with Crippen LogP contribution in [-0.2, 0) is 10.0 Å². The van der Waals surface area contributed by atoms with Crippen LogP contribution in [0, 0.1) is 17.8 Å². The van der Waals surface area contributed by atoms with E-state index in [0.717, 1.165) is 0 Å². The third-order valence-corrected chi connectivity index (χ3v) is 4.98. The summed E-state index contributed by atoms with van der Waals surface area (Å²) in [6.45, 7) is 8.89. The van der Waals surface area contributed by atoms with E-state index in [9.17, 15) is 8.42 Å². The van der Waals surface area contributed by atoms with Gasteiger partial charge in [0.25, 0.3) is 0 Å². The molecule has 0 atom stereocenters. The topological polar surface area (TPSA) is 46.2 Å². The van der Waals surface area contributed by atoms with Crippen LogP contribution in [0.15, 0.2) is 29.2 Å². The molecule has 1 aromatic carbocycles. The van der Waals surface area contributed by atoms with Gasteiger partial charge >= 0.3 is 0 Å². The highest BCUT2D eigenvalue weighted by Gasteiger charge is 2.21. The van der Waals surface area contributed by atoms with Crippen molar-refractivity contribution in [3.8, 4) is 0 Å². The van der Waals surface area contributed by atoms with Gasteiger partial charge in [0.2, 0.25) is 10.0 Å². The first-order valence-electron chi connectivity index (χ1n) is 6.49. The number of halogens is 1. The molecule has 0 aliphatic rings. The lowest BCUT2D eigenvalue weighted by atomic mass is 9.86. The van der Waals surface area contributed by atoms with Crippen LogP contribution < -0.4 is 4.72 Å². The molecule has 0 amide bonds. The van der Waals surface area contributed by atoms with Gasteiger partial charge in [-0.25, -0.2) is 13.1 Å². The number of nitrogens with one attached hydrogen (secondary N) is 1. The normalized spacial score (nSPS) is 12.6. The molecule has 0 saturated carbocycles. The molecule has 1 rings (SSSR count). The average Bonchev–Trinajstić information content (AvgIpc) is 2.28. The summed E-state index contributed by atoms with van der Waals surface area (Å²) < 4.78 is 27.0. The van der Waals surface area contributed by atoms with E-state index in [1.54, 1.807) is 18.2 Å². The highest BCUT2D eigenvalue weighted by Crippen LogP contribution is 2.21. The van der Waals surface area contributed by atoms with E-state index in [-0.39, 0.29) is 4.90 Å². The second kappa shape index (κ2) is 6.73. The fourth-order valence-electron chi connectivity index (χ4n) is 2.16. The van der Waals surface area contributed by atoms with Crippen LogP contribution >= 0.6 is 11.6 Å². The number of sulfonamides is 1. The zero-order valence-corrected chi connectivity index (χ0v) is 13.4. The molecular formula is C14H22ClNO2S. The summed E-state index contributed by atoms with van der Waals surface area (Å²) in [5, 5.41) is 0.423. The Hall–Kier alpha value is -0.580. The standard InChI is InChI=1S/C14H22ClNO2S/c1-10(2)14(11(3)4)9-16-19(17,18)13-7-5-6-12(15)8-13/h5-8,10-11,14,16H,9H2,1-4H3. The molecule has 0 unspecified atom stereocenters. The molecule has 0 heterocycles. The zero-order chi connectivity index (χ0) is 14.6. The van der Waals surface area contributed by atoms with Gasteiger partial charge in [-0.1, -0.05) is 45.4 Å². The Morgan fingerprint density at radius 1 is 1.16 bits per heavy atom. The smallest absolute Gasteiger partial charge is 0.211 e. The molecule has 19 heavy (non-hydrogen) atoms. The van der Waals surface area contributed by atoms with Gasteiger partial charge in [0.05, 0.1) is 4.90 Å². The Labute approximate surface area is 121 Å². The number of rotatable bonds is 6. The molecule has 0 aliphatic heterocycles. The zero-order valence-electron chi connectivity index (χ0n) is 11.9. The first kappa shape index (κ1) is 16.5. The summed E-state index contributed by atoms with van der Waals surface area (Å²) in [4.78, 5) is 0.214. The van der Waals surface area contributed by atoms with E-state index >= 15 is 0 Å². The number of hydrogen-bond acceptors (Lipinski definition) is 2. The number of hydrogen-bond donors (Lipinski definition) is 1. The maximum atomic E-state index is 12.2. The molecule has 0 aliphatic carbocycles. The molecular weight excluding hydrogens is 282 g/mol. The highest BCUT2D eigenvalue weighted by molar-refractivity contribution is 7.89. The van der Waals surface area contributed by atoms with Gasteiger partial charge in [-0.3, -0.25) is 0 Å². The van der Waals surface area contributed by atoms with Gasteiger partial charge in [-0.05, 0) is 36.0 Å². The highest BCUT2D eigenvalue weighted by atomic mass is 35.5. The summed E-state index contributed by atoms with van der Waals surface area (Å²) in [6.07, 6.45) is 0. The molecule has 0 bridgehead atoms. The monoisotopic (exact) mass is 303 g/mol. The fourth-order valence-corrected chi connectivity index (χ4v) is 3.54. The van der Waals surface area contributed by atoms with Crippen molar-refractivity contribution >= 4 is 21.6 Å². The summed E-state index contributed by atoms with van der Waals surface area (Å²) in [6, 6.07) is 6.31. The van der Waals surface area contributed by atoms with Crippen molar-refractivity contribution in [2.45, 2.75) is 32.6 Å². The lowest BCUT2D eigenvalue weighted by molar-refractivity contribution is 0.289. The molecule has 0 fully saturated rings. The minimum atomic E-state index is -3.48. The van der Waals surface area contributed by atoms with Gasteiger partial charge in [0, 0.05) is 11.6 Å². The van der Waals surface area contributed by atoms with Crippen LogP contribution in [0.4, 0.5) is 0 Å². The van der Waals surface area contributed by atoms with Gasteiger partial charge in [-0.15, -0.1) is 0 Å². The predicted molar refractivity (Wildman–Crippen MR) is 79.8 cm³/mol. The molecule has 1 N–H and O–H groups in total. The average molecular weight is 304 g/mol. The minimum Gasteiger partial charge on any atom is -0.211 e. The van der Waals surface area contributed by atoms with E-state index in [4.69, 9.17) is 11.6 Å². The van der Waals surface area contributed by atoms with E-state index in [2.05, 4.69) is 32.4 Å². The fraction of sp³-hybridized carbons (Fsp3) is 0.571. The van der Waals surface area contributed by atoms with Crippen LogP contribution in [0.5, 0.6) is 0 Å². The summed E-state index contributed by atoms with van der Waals surface area (Å²) in [5.41, 5.74) is 0. The summed E-state index contributed by atoms with van der Waals surface area (Å²) in [7, 11) is -3.48. The van der Waals surface area contributed by atoms with E-state index in [1.165, 1.54) is 6.07 Å². The maximum absolute atomic E-state index is 12.2. The van der Waals surface area contributed by atoms with Crippen LogP contribution in [0.25, 0.3) is 0 Å². The van der Waals surface area contributed by atoms with Crippen LogP contribution in [0.1, 0.15) is 27.7 Å².